The normalized spacial score (nSPS) is 23.9. The van der Waals surface area contributed by atoms with Gasteiger partial charge in [-0.1, -0.05) is 0 Å². The van der Waals surface area contributed by atoms with Crippen LogP contribution in [0.4, 0.5) is 17.3 Å². The standard InChI is InChI=1S/C17H28N6O2/c1-19(2)13-7-9-21(11-13)16-6-5-15(23(24)25)17(18-16)22-10-8-14(12-22)20(3)4/h5-6,13-14H,7-12H2,1-4H3. The Morgan fingerprint density at radius 1 is 1.04 bits per heavy atom. The van der Waals surface area contributed by atoms with E-state index >= 15 is 0 Å². The van der Waals surface area contributed by atoms with Crippen LogP contribution < -0.4 is 9.80 Å². The molecule has 2 fully saturated rings. The van der Waals surface area contributed by atoms with Gasteiger partial charge in [-0.3, -0.25) is 10.1 Å². The lowest BCUT2D eigenvalue weighted by Gasteiger charge is -2.24. The summed E-state index contributed by atoms with van der Waals surface area (Å²) in [4.78, 5) is 24.6. The molecule has 0 bridgehead atoms. The van der Waals surface area contributed by atoms with Crippen LogP contribution in [0, 0.1) is 10.1 Å². The van der Waals surface area contributed by atoms with E-state index in [1.165, 1.54) is 0 Å². The Morgan fingerprint density at radius 3 is 2.12 bits per heavy atom. The molecule has 0 N–H and O–H groups in total. The molecule has 0 saturated carbocycles. The maximum absolute atomic E-state index is 11.5. The molecule has 25 heavy (non-hydrogen) atoms. The van der Waals surface area contributed by atoms with E-state index in [-0.39, 0.29) is 10.6 Å². The summed E-state index contributed by atoms with van der Waals surface area (Å²) in [7, 11) is 8.29. The average Bonchev–Trinajstić information content (AvgIpc) is 3.24. The maximum Gasteiger partial charge on any atom is 0.311 e. The van der Waals surface area contributed by atoms with E-state index in [1.54, 1.807) is 12.1 Å². The average molecular weight is 348 g/mol. The number of nitrogens with zero attached hydrogens (tertiary/aromatic N) is 6. The van der Waals surface area contributed by atoms with Crippen molar-refractivity contribution in [3.05, 3.63) is 22.2 Å². The Labute approximate surface area is 149 Å². The van der Waals surface area contributed by atoms with Crippen LogP contribution in [0.5, 0.6) is 0 Å². The van der Waals surface area contributed by atoms with Gasteiger partial charge in [-0.25, -0.2) is 4.98 Å². The highest BCUT2D eigenvalue weighted by atomic mass is 16.6. The van der Waals surface area contributed by atoms with Gasteiger partial charge in [0.15, 0.2) is 0 Å². The topological polar surface area (TPSA) is 69.0 Å². The molecule has 1 aromatic rings. The lowest BCUT2D eigenvalue weighted by molar-refractivity contribution is -0.384. The Balaban J connectivity index is 1.85. The minimum Gasteiger partial charge on any atom is -0.355 e. The van der Waals surface area contributed by atoms with Gasteiger partial charge in [-0.15, -0.1) is 0 Å². The lowest BCUT2D eigenvalue weighted by Crippen LogP contribution is -2.33. The molecule has 138 valence electrons. The molecule has 0 amide bonds. The molecule has 8 heteroatoms. The predicted molar refractivity (Wildman–Crippen MR) is 99.5 cm³/mol. The van der Waals surface area contributed by atoms with Gasteiger partial charge in [0, 0.05) is 44.3 Å². The Kier molecular flexibility index (Phi) is 5.10. The zero-order valence-corrected chi connectivity index (χ0v) is 15.6. The second kappa shape index (κ2) is 7.13. The van der Waals surface area contributed by atoms with Gasteiger partial charge in [0.05, 0.1) is 4.92 Å². The summed E-state index contributed by atoms with van der Waals surface area (Å²) in [5.41, 5.74) is 0.103. The molecule has 8 nitrogen and oxygen atoms in total. The van der Waals surface area contributed by atoms with Crippen LogP contribution in [0.3, 0.4) is 0 Å². The van der Waals surface area contributed by atoms with Gasteiger partial charge >= 0.3 is 5.69 Å². The first kappa shape index (κ1) is 17.9. The lowest BCUT2D eigenvalue weighted by atomic mass is 10.2. The fourth-order valence-electron chi connectivity index (χ4n) is 3.71. The highest BCUT2D eigenvalue weighted by Crippen LogP contribution is 2.33. The van der Waals surface area contributed by atoms with Crippen molar-refractivity contribution >= 4 is 17.3 Å². The van der Waals surface area contributed by atoms with Crippen LogP contribution in [0.15, 0.2) is 12.1 Å². The van der Waals surface area contributed by atoms with Gasteiger partial charge in [-0.2, -0.15) is 0 Å². The largest absolute Gasteiger partial charge is 0.355 e. The summed E-state index contributed by atoms with van der Waals surface area (Å²) in [6.07, 6.45) is 2.09. The van der Waals surface area contributed by atoms with Gasteiger partial charge in [0.2, 0.25) is 5.82 Å². The molecular formula is C17H28N6O2. The molecule has 2 aliphatic heterocycles. The van der Waals surface area contributed by atoms with E-state index in [9.17, 15) is 10.1 Å². The van der Waals surface area contributed by atoms with Crippen LogP contribution in [-0.2, 0) is 0 Å². The van der Waals surface area contributed by atoms with Crippen molar-refractivity contribution in [3.63, 3.8) is 0 Å². The SMILES string of the molecule is CN(C)C1CCN(c2ccc([N+](=O)[O-])c(N3CCC(N(C)C)C3)n2)C1. The highest BCUT2D eigenvalue weighted by molar-refractivity contribution is 5.63. The third-order valence-corrected chi connectivity index (χ3v) is 5.45. The van der Waals surface area contributed by atoms with E-state index in [4.69, 9.17) is 4.98 Å². The molecule has 0 aromatic carbocycles. The van der Waals surface area contributed by atoms with Crippen molar-refractivity contribution in [2.45, 2.75) is 24.9 Å². The van der Waals surface area contributed by atoms with Crippen LogP contribution in [-0.4, -0.2) is 86.2 Å². The molecule has 2 atom stereocenters. The minimum absolute atomic E-state index is 0.103. The fraction of sp³-hybridized carbons (Fsp3) is 0.706. The van der Waals surface area contributed by atoms with E-state index in [1.807, 2.05) is 0 Å². The van der Waals surface area contributed by atoms with E-state index in [0.717, 1.165) is 44.8 Å². The number of aromatic nitrogens is 1. The van der Waals surface area contributed by atoms with Gasteiger partial charge in [-0.05, 0) is 47.1 Å². The molecule has 0 radical (unpaired) electrons. The van der Waals surface area contributed by atoms with Gasteiger partial charge < -0.3 is 19.6 Å². The molecule has 3 heterocycles. The summed E-state index contributed by atoms with van der Waals surface area (Å²) in [6, 6.07) is 4.32. The Bertz CT molecular complexity index is 636. The molecule has 2 aliphatic rings. The number of hydrogen-bond donors (Lipinski definition) is 0. The number of pyridine rings is 1. The van der Waals surface area contributed by atoms with Crippen molar-refractivity contribution in [1.29, 1.82) is 0 Å². The minimum atomic E-state index is -0.318. The summed E-state index contributed by atoms with van der Waals surface area (Å²) in [5, 5.41) is 11.5. The van der Waals surface area contributed by atoms with E-state index in [2.05, 4.69) is 47.8 Å². The molecule has 2 unspecified atom stereocenters. The van der Waals surface area contributed by atoms with E-state index < -0.39 is 0 Å². The number of nitro groups is 1. The zero-order valence-electron chi connectivity index (χ0n) is 15.6. The molecule has 3 rings (SSSR count). The maximum atomic E-state index is 11.5. The van der Waals surface area contributed by atoms with Crippen LogP contribution >= 0.6 is 0 Å². The second-order valence-corrected chi connectivity index (χ2v) is 7.47. The van der Waals surface area contributed by atoms with Gasteiger partial charge in [0.25, 0.3) is 0 Å². The van der Waals surface area contributed by atoms with Crippen molar-refractivity contribution in [3.8, 4) is 0 Å². The smallest absolute Gasteiger partial charge is 0.311 e. The Hall–Kier alpha value is -1.93. The molecular weight excluding hydrogens is 320 g/mol. The molecule has 2 saturated heterocycles. The van der Waals surface area contributed by atoms with E-state index in [0.29, 0.717) is 17.9 Å². The number of anilines is 2. The Morgan fingerprint density at radius 2 is 1.60 bits per heavy atom. The first-order valence-electron chi connectivity index (χ1n) is 8.85. The fourth-order valence-corrected chi connectivity index (χ4v) is 3.71. The van der Waals surface area contributed by atoms with Crippen LogP contribution in [0.25, 0.3) is 0 Å². The quantitative estimate of drug-likeness (QED) is 0.586. The van der Waals surface area contributed by atoms with Crippen molar-refractivity contribution in [2.75, 3.05) is 64.2 Å². The third-order valence-electron chi connectivity index (χ3n) is 5.45. The van der Waals surface area contributed by atoms with Crippen LogP contribution in [0.1, 0.15) is 12.8 Å². The summed E-state index contributed by atoms with van der Waals surface area (Å²) in [5.74, 6) is 1.36. The van der Waals surface area contributed by atoms with Gasteiger partial charge in [0.1, 0.15) is 5.82 Å². The number of rotatable bonds is 5. The zero-order chi connectivity index (χ0) is 18.1. The highest BCUT2D eigenvalue weighted by Gasteiger charge is 2.32. The molecule has 0 spiro atoms. The van der Waals surface area contributed by atoms with Crippen molar-refractivity contribution in [2.24, 2.45) is 0 Å². The van der Waals surface area contributed by atoms with Crippen LogP contribution in [0.2, 0.25) is 0 Å². The predicted octanol–water partition coefficient (Wildman–Crippen LogP) is 1.27. The summed E-state index contributed by atoms with van der Waals surface area (Å²) in [6.45, 7) is 3.44. The van der Waals surface area contributed by atoms with Crippen molar-refractivity contribution in [1.82, 2.24) is 14.8 Å². The second-order valence-electron chi connectivity index (χ2n) is 7.47. The summed E-state index contributed by atoms with van der Waals surface area (Å²) < 4.78 is 0. The first-order chi connectivity index (χ1) is 11.9. The monoisotopic (exact) mass is 348 g/mol. The third kappa shape index (κ3) is 3.69. The molecule has 0 aliphatic carbocycles. The number of hydrogen-bond acceptors (Lipinski definition) is 7. The number of likely N-dealkylation sites (N-methyl/N-ethyl adjacent to an activating group) is 2. The first-order valence-corrected chi connectivity index (χ1v) is 8.85. The summed E-state index contributed by atoms with van der Waals surface area (Å²) >= 11 is 0. The molecule has 1 aromatic heterocycles. The van der Waals surface area contributed by atoms with Crippen molar-refractivity contribution < 1.29 is 4.92 Å².